The van der Waals surface area contributed by atoms with Gasteiger partial charge in [-0.3, -0.25) is 4.79 Å². The minimum Gasteiger partial charge on any atom is -0.360 e. The first-order chi connectivity index (χ1) is 13.2. The summed E-state index contributed by atoms with van der Waals surface area (Å²) in [6.07, 6.45) is 3.22. The van der Waals surface area contributed by atoms with E-state index in [0.29, 0.717) is 32.5 Å². The number of nitrogens with zero attached hydrogens (tertiary/aromatic N) is 1. The van der Waals surface area contributed by atoms with Crippen molar-refractivity contribution in [1.29, 1.82) is 0 Å². The Kier molecular flexibility index (Phi) is 4.92. The molecule has 138 valence electrons. The number of urea groups is 1. The zero-order chi connectivity index (χ0) is 18.6. The number of likely N-dealkylation sites (tertiary alicyclic amines) is 1. The lowest BCUT2D eigenvalue weighted by atomic mass is 9.89. The minimum absolute atomic E-state index is 0.0256. The average molecular weight is 361 g/mol. The lowest BCUT2D eigenvalue weighted by Gasteiger charge is -2.31. The van der Waals surface area contributed by atoms with Gasteiger partial charge in [-0.25, -0.2) is 4.79 Å². The summed E-state index contributed by atoms with van der Waals surface area (Å²) in [6.45, 7) is 1.74. The third kappa shape index (κ3) is 3.72. The van der Waals surface area contributed by atoms with Crippen molar-refractivity contribution >= 4 is 22.7 Å². The second-order valence-electron chi connectivity index (χ2n) is 7.02. The van der Waals surface area contributed by atoms with Crippen LogP contribution in [0.4, 0.5) is 4.79 Å². The monoisotopic (exact) mass is 361 g/mol. The van der Waals surface area contributed by atoms with Gasteiger partial charge in [0.2, 0.25) is 0 Å². The van der Waals surface area contributed by atoms with Gasteiger partial charge in [0.15, 0.2) is 5.78 Å². The molecule has 3 aromatic rings. The molecule has 1 fully saturated rings. The predicted octanol–water partition coefficient (Wildman–Crippen LogP) is 3.97. The van der Waals surface area contributed by atoms with E-state index in [1.54, 1.807) is 0 Å². The first kappa shape index (κ1) is 17.3. The number of Topliss-reactive ketones (excluding diaryl/α,β-unsaturated/α-hetero) is 1. The van der Waals surface area contributed by atoms with E-state index in [1.807, 2.05) is 65.7 Å². The van der Waals surface area contributed by atoms with Crippen LogP contribution in [-0.2, 0) is 6.54 Å². The average Bonchev–Trinajstić information content (AvgIpc) is 3.16. The zero-order valence-electron chi connectivity index (χ0n) is 15.2. The molecule has 0 saturated carbocycles. The molecule has 0 radical (unpaired) electrons. The molecule has 1 aliphatic rings. The topological polar surface area (TPSA) is 65.2 Å². The number of H-pyrrole nitrogens is 1. The van der Waals surface area contributed by atoms with Crippen molar-refractivity contribution in [3.63, 3.8) is 0 Å². The number of para-hydroxylation sites is 1. The van der Waals surface area contributed by atoms with Crippen LogP contribution in [0.2, 0.25) is 0 Å². The Morgan fingerprint density at radius 2 is 1.70 bits per heavy atom. The highest BCUT2D eigenvalue weighted by Crippen LogP contribution is 2.26. The summed E-state index contributed by atoms with van der Waals surface area (Å²) in [5.74, 6) is 0.152. The Balaban J connectivity index is 1.33. The maximum absolute atomic E-state index is 12.9. The molecule has 1 saturated heterocycles. The van der Waals surface area contributed by atoms with Crippen molar-refractivity contribution in [3.05, 3.63) is 71.9 Å². The highest BCUT2D eigenvalue weighted by Gasteiger charge is 2.29. The number of benzene rings is 2. The van der Waals surface area contributed by atoms with E-state index in [2.05, 4.69) is 10.3 Å². The molecule has 2 N–H and O–H groups in total. The number of carbonyl (C=O) groups is 2. The molecule has 4 rings (SSSR count). The van der Waals surface area contributed by atoms with Gasteiger partial charge in [-0.1, -0.05) is 48.5 Å². The molecule has 5 heteroatoms. The number of nitrogens with one attached hydrogen (secondary N) is 2. The van der Waals surface area contributed by atoms with E-state index in [-0.39, 0.29) is 17.7 Å². The molecule has 0 aliphatic carbocycles. The fraction of sp³-hybridized carbons (Fsp3) is 0.273. The van der Waals surface area contributed by atoms with Crippen LogP contribution in [0.25, 0.3) is 10.9 Å². The van der Waals surface area contributed by atoms with Crippen LogP contribution in [0.5, 0.6) is 0 Å². The standard InChI is InChI=1S/C22H23N3O2/c26-21(19-15-23-20-9-5-4-8-18(19)20)17-10-12-25(13-11-17)22(27)24-14-16-6-2-1-3-7-16/h1-9,15,17,23H,10-14H2,(H,24,27). The number of carbonyl (C=O) groups excluding carboxylic acids is 2. The van der Waals surface area contributed by atoms with E-state index < -0.39 is 0 Å². The summed E-state index contributed by atoms with van der Waals surface area (Å²) in [5.41, 5.74) is 2.83. The van der Waals surface area contributed by atoms with Crippen molar-refractivity contribution in [1.82, 2.24) is 15.2 Å². The van der Waals surface area contributed by atoms with Crippen molar-refractivity contribution in [2.45, 2.75) is 19.4 Å². The van der Waals surface area contributed by atoms with Crippen LogP contribution in [-0.4, -0.2) is 34.8 Å². The van der Waals surface area contributed by atoms with Crippen LogP contribution in [0.15, 0.2) is 60.8 Å². The summed E-state index contributed by atoms with van der Waals surface area (Å²) in [5, 5.41) is 3.94. The van der Waals surface area contributed by atoms with Crippen LogP contribution in [0, 0.1) is 5.92 Å². The van der Waals surface area contributed by atoms with Gasteiger partial charge >= 0.3 is 6.03 Å². The maximum Gasteiger partial charge on any atom is 0.317 e. The molecule has 0 atom stereocenters. The number of aromatic nitrogens is 1. The maximum atomic E-state index is 12.9. The summed E-state index contributed by atoms with van der Waals surface area (Å²) in [6, 6.07) is 17.7. The first-order valence-corrected chi connectivity index (χ1v) is 9.39. The number of fused-ring (bicyclic) bond motifs is 1. The quantitative estimate of drug-likeness (QED) is 0.691. The fourth-order valence-electron chi connectivity index (χ4n) is 3.73. The Hall–Kier alpha value is -3.08. The van der Waals surface area contributed by atoms with E-state index in [9.17, 15) is 9.59 Å². The number of hydrogen-bond acceptors (Lipinski definition) is 2. The molecule has 0 spiro atoms. The smallest absolute Gasteiger partial charge is 0.317 e. The number of amides is 2. The van der Waals surface area contributed by atoms with Gasteiger partial charge in [-0.15, -0.1) is 0 Å². The number of ketones is 1. The van der Waals surface area contributed by atoms with E-state index in [1.165, 1.54) is 0 Å². The molecule has 1 aliphatic heterocycles. The van der Waals surface area contributed by atoms with Crippen molar-refractivity contribution in [2.24, 2.45) is 5.92 Å². The molecule has 2 heterocycles. The fourth-order valence-corrected chi connectivity index (χ4v) is 3.73. The molecule has 27 heavy (non-hydrogen) atoms. The molecule has 0 bridgehead atoms. The largest absolute Gasteiger partial charge is 0.360 e. The normalized spacial score (nSPS) is 15.0. The van der Waals surface area contributed by atoms with Gasteiger partial charge in [0, 0.05) is 48.2 Å². The van der Waals surface area contributed by atoms with E-state index in [0.717, 1.165) is 22.0 Å². The third-order valence-corrected chi connectivity index (χ3v) is 5.29. The van der Waals surface area contributed by atoms with Gasteiger partial charge in [0.05, 0.1) is 0 Å². The van der Waals surface area contributed by atoms with Crippen LogP contribution < -0.4 is 5.32 Å². The molecular formula is C22H23N3O2. The minimum atomic E-state index is -0.0585. The Labute approximate surface area is 158 Å². The SMILES string of the molecule is O=C(c1c[nH]c2ccccc12)C1CCN(C(=O)NCc2ccccc2)CC1. The highest BCUT2D eigenvalue weighted by molar-refractivity contribution is 6.08. The summed E-state index contributed by atoms with van der Waals surface area (Å²) < 4.78 is 0. The zero-order valence-corrected chi connectivity index (χ0v) is 15.2. The van der Waals surface area contributed by atoms with Crippen LogP contribution in [0.1, 0.15) is 28.8 Å². The Morgan fingerprint density at radius 1 is 1.00 bits per heavy atom. The van der Waals surface area contributed by atoms with Crippen molar-refractivity contribution in [2.75, 3.05) is 13.1 Å². The highest BCUT2D eigenvalue weighted by atomic mass is 16.2. The van der Waals surface area contributed by atoms with E-state index in [4.69, 9.17) is 0 Å². The Bertz CT molecular complexity index is 940. The molecular weight excluding hydrogens is 338 g/mol. The van der Waals surface area contributed by atoms with E-state index >= 15 is 0 Å². The first-order valence-electron chi connectivity index (χ1n) is 9.39. The number of rotatable bonds is 4. The molecule has 0 unspecified atom stereocenters. The van der Waals surface area contributed by atoms with Gasteiger partial charge in [0.1, 0.15) is 0 Å². The van der Waals surface area contributed by atoms with Gasteiger partial charge in [-0.05, 0) is 24.5 Å². The second kappa shape index (κ2) is 7.66. The van der Waals surface area contributed by atoms with Crippen molar-refractivity contribution in [3.8, 4) is 0 Å². The summed E-state index contributed by atoms with van der Waals surface area (Å²) in [7, 11) is 0. The number of piperidine rings is 1. The summed E-state index contributed by atoms with van der Waals surface area (Å²) in [4.78, 5) is 30.3. The molecule has 1 aromatic heterocycles. The number of aromatic amines is 1. The lowest BCUT2D eigenvalue weighted by Crippen LogP contribution is -2.45. The Morgan fingerprint density at radius 3 is 2.48 bits per heavy atom. The van der Waals surface area contributed by atoms with Crippen molar-refractivity contribution < 1.29 is 9.59 Å². The number of hydrogen-bond donors (Lipinski definition) is 2. The van der Waals surface area contributed by atoms with Gasteiger partial charge in [0.25, 0.3) is 0 Å². The lowest BCUT2D eigenvalue weighted by molar-refractivity contribution is 0.0856. The molecule has 5 nitrogen and oxygen atoms in total. The molecule has 2 aromatic carbocycles. The van der Waals surface area contributed by atoms with Crippen LogP contribution in [0.3, 0.4) is 0 Å². The third-order valence-electron chi connectivity index (χ3n) is 5.29. The molecule has 2 amide bonds. The second-order valence-corrected chi connectivity index (χ2v) is 7.02. The predicted molar refractivity (Wildman–Crippen MR) is 106 cm³/mol. The van der Waals surface area contributed by atoms with Gasteiger partial charge < -0.3 is 15.2 Å². The van der Waals surface area contributed by atoms with Gasteiger partial charge in [-0.2, -0.15) is 0 Å². The summed E-state index contributed by atoms with van der Waals surface area (Å²) >= 11 is 0. The van der Waals surface area contributed by atoms with Crippen LogP contribution >= 0.6 is 0 Å².